The third-order valence-corrected chi connectivity index (χ3v) is 9.45. The van der Waals surface area contributed by atoms with Crippen molar-refractivity contribution in [3.8, 4) is 16.9 Å². The summed E-state index contributed by atoms with van der Waals surface area (Å²) in [6, 6.07) is 13.8. The molecule has 0 spiro atoms. The highest BCUT2D eigenvalue weighted by molar-refractivity contribution is 5.83. The molecule has 0 aliphatic carbocycles. The van der Waals surface area contributed by atoms with E-state index in [4.69, 9.17) is 4.74 Å². The molecule has 0 unspecified atom stereocenters. The van der Waals surface area contributed by atoms with Crippen molar-refractivity contribution >= 4 is 33.7 Å². The number of ether oxygens (including phenoxy) is 1. The van der Waals surface area contributed by atoms with Crippen LogP contribution in [-0.4, -0.2) is 83.4 Å². The second kappa shape index (κ2) is 12.0. The Morgan fingerprint density at radius 2 is 1.88 bits per heavy atom. The maximum absolute atomic E-state index is 13.7. The first-order valence-electron chi connectivity index (χ1n) is 16.0. The lowest BCUT2D eigenvalue weighted by molar-refractivity contribution is -0.0691. The molecule has 1 atom stereocenters. The summed E-state index contributed by atoms with van der Waals surface area (Å²) >= 11 is 0. The normalized spacial score (nSPS) is 17.2. The van der Waals surface area contributed by atoms with Gasteiger partial charge in [-0.05, 0) is 55.0 Å². The fourth-order valence-corrected chi connectivity index (χ4v) is 6.83. The fraction of sp³-hybridized carbons (Fsp3) is 0.286. The molecular formula is C35H35N9O4. The smallest absolute Gasteiger partial charge is 0.280 e. The van der Waals surface area contributed by atoms with Gasteiger partial charge in [0.1, 0.15) is 28.5 Å². The van der Waals surface area contributed by atoms with Gasteiger partial charge < -0.3 is 24.6 Å². The second-order valence-corrected chi connectivity index (χ2v) is 12.4. The zero-order chi connectivity index (χ0) is 32.9. The van der Waals surface area contributed by atoms with Gasteiger partial charge in [-0.1, -0.05) is 0 Å². The highest BCUT2D eigenvalue weighted by atomic mass is 16.5. The van der Waals surface area contributed by atoms with Gasteiger partial charge in [0.2, 0.25) is 0 Å². The molecule has 13 nitrogen and oxygen atoms in total. The number of hydrogen-bond donors (Lipinski definition) is 2. The predicted molar refractivity (Wildman–Crippen MR) is 183 cm³/mol. The summed E-state index contributed by atoms with van der Waals surface area (Å²) < 4.78 is 10.0. The number of aryl methyl sites for hydroxylation is 1. The maximum Gasteiger partial charge on any atom is 0.280 e. The summed E-state index contributed by atoms with van der Waals surface area (Å²) in [4.78, 5) is 45.4. The van der Waals surface area contributed by atoms with Crippen LogP contribution in [0, 0.1) is 0 Å². The van der Waals surface area contributed by atoms with Crippen LogP contribution >= 0.6 is 0 Å². The van der Waals surface area contributed by atoms with Crippen LogP contribution in [0.1, 0.15) is 12.5 Å². The zero-order valence-corrected chi connectivity index (χ0v) is 26.7. The van der Waals surface area contributed by atoms with Crippen molar-refractivity contribution in [1.82, 2.24) is 33.4 Å². The number of anilines is 3. The average Bonchev–Trinajstić information content (AvgIpc) is 3.46. The van der Waals surface area contributed by atoms with E-state index < -0.39 is 0 Å². The number of piperazine rings is 1. The van der Waals surface area contributed by atoms with Crippen LogP contribution in [0.4, 0.5) is 17.2 Å². The van der Waals surface area contributed by atoms with E-state index in [1.165, 1.54) is 9.13 Å². The number of nitrogens with zero attached hydrogens (tertiary/aromatic N) is 8. The van der Waals surface area contributed by atoms with Gasteiger partial charge >= 0.3 is 0 Å². The molecule has 244 valence electrons. The Hall–Kier alpha value is -5.37. The summed E-state index contributed by atoms with van der Waals surface area (Å²) in [7, 11) is 1.68. The van der Waals surface area contributed by atoms with Crippen LogP contribution in [0.25, 0.3) is 33.5 Å². The van der Waals surface area contributed by atoms with Crippen molar-refractivity contribution < 1.29 is 9.84 Å². The Labute approximate surface area is 275 Å². The standard InChI is InChI=1S/C35H35N9O4/c1-22-17-41(26-20-48-21-26)10-11-42(22)25-5-6-31(38-16-25)39-29-14-24(18-40(2)34(29)46)27-7-9-37-33(28(27)19-45)44-13-12-43-30(35(44)47)15-23-4-3-8-36-32(23)43/h3-9,12-16,18,22,26,45H,10-11,17,19-21H2,1-2H3,(H,38,39)/t22-/m0/s1. The average molecular weight is 646 g/mol. The van der Waals surface area contributed by atoms with Crippen LogP contribution in [0.2, 0.25) is 0 Å². The van der Waals surface area contributed by atoms with Crippen LogP contribution in [0.5, 0.6) is 0 Å². The number of pyridine rings is 4. The monoisotopic (exact) mass is 645 g/mol. The van der Waals surface area contributed by atoms with Gasteiger partial charge in [-0.25, -0.2) is 15.0 Å². The lowest BCUT2D eigenvalue weighted by Crippen LogP contribution is -2.59. The van der Waals surface area contributed by atoms with Crippen LogP contribution in [-0.2, 0) is 18.4 Å². The first-order chi connectivity index (χ1) is 23.4. The Morgan fingerprint density at radius 3 is 2.62 bits per heavy atom. The van der Waals surface area contributed by atoms with Gasteiger partial charge in [0.25, 0.3) is 11.1 Å². The number of nitrogens with one attached hydrogen (secondary N) is 1. The molecule has 6 aromatic heterocycles. The molecule has 2 N–H and O–H groups in total. The highest BCUT2D eigenvalue weighted by Crippen LogP contribution is 2.29. The molecule has 2 saturated heterocycles. The molecule has 48 heavy (non-hydrogen) atoms. The minimum Gasteiger partial charge on any atom is -0.392 e. The molecule has 0 bridgehead atoms. The van der Waals surface area contributed by atoms with Crippen molar-refractivity contribution in [3.63, 3.8) is 0 Å². The molecule has 13 heteroatoms. The molecule has 0 radical (unpaired) electrons. The number of aliphatic hydroxyl groups is 1. The Morgan fingerprint density at radius 1 is 1.00 bits per heavy atom. The van der Waals surface area contributed by atoms with Gasteiger partial charge in [-0.15, -0.1) is 0 Å². The SMILES string of the molecule is C[C@H]1CN(C2COC2)CCN1c1ccc(Nc2cc(-c3ccnc(-n4ccn5c(cc6cccnc65)c4=O)c3CO)cn(C)c2=O)nc1. The maximum atomic E-state index is 13.7. The first kappa shape index (κ1) is 30.0. The number of rotatable bonds is 7. The van der Waals surface area contributed by atoms with E-state index >= 15 is 0 Å². The molecule has 2 aliphatic rings. The molecular weight excluding hydrogens is 610 g/mol. The molecule has 0 saturated carbocycles. The van der Waals surface area contributed by atoms with Gasteiger partial charge in [-0.2, -0.15) is 0 Å². The van der Waals surface area contributed by atoms with E-state index in [1.807, 2.05) is 30.5 Å². The van der Waals surface area contributed by atoms with E-state index in [9.17, 15) is 14.7 Å². The van der Waals surface area contributed by atoms with Crippen LogP contribution in [0.3, 0.4) is 0 Å². The quantitative estimate of drug-likeness (QED) is 0.267. The minimum absolute atomic E-state index is 0.232. The number of aromatic nitrogens is 6. The van der Waals surface area contributed by atoms with E-state index in [0.29, 0.717) is 57.3 Å². The largest absolute Gasteiger partial charge is 0.392 e. The second-order valence-electron chi connectivity index (χ2n) is 12.4. The summed E-state index contributed by atoms with van der Waals surface area (Å²) in [5.74, 6) is 0.843. The van der Waals surface area contributed by atoms with Crippen LogP contribution in [0.15, 0.2) is 89.2 Å². The molecule has 2 fully saturated rings. The Kier molecular flexibility index (Phi) is 7.51. The third-order valence-electron chi connectivity index (χ3n) is 9.45. The summed E-state index contributed by atoms with van der Waals surface area (Å²) in [6.45, 7) is 6.36. The van der Waals surface area contributed by atoms with Gasteiger partial charge in [0, 0.05) is 80.2 Å². The lowest BCUT2D eigenvalue weighted by atomic mass is 10.0. The number of aliphatic hydroxyl groups excluding tert-OH is 1. The van der Waals surface area contributed by atoms with Gasteiger partial charge in [0.05, 0.1) is 37.7 Å². The fourth-order valence-electron chi connectivity index (χ4n) is 6.83. The zero-order valence-electron chi connectivity index (χ0n) is 26.7. The van der Waals surface area contributed by atoms with E-state index in [1.54, 1.807) is 60.6 Å². The Bertz CT molecular complexity index is 2270. The number of fused-ring (bicyclic) bond motifs is 3. The summed E-state index contributed by atoms with van der Waals surface area (Å²) in [5.41, 5.74) is 3.71. The van der Waals surface area contributed by atoms with E-state index in [0.717, 1.165) is 43.9 Å². The first-order valence-corrected chi connectivity index (χ1v) is 16.0. The van der Waals surface area contributed by atoms with Gasteiger partial charge in [0.15, 0.2) is 0 Å². The molecule has 0 amide bonds. The van der Waals surface area contributed by atoms with Crippen molar-refractivity contribution in [3.05, 3.63) is 106 Å². The molecule has 0 aromatic carbocycles. The highest BCUT2D eigenvalue weighted by Gasteiger charge is 2.32. The van der Waals surface area contributed by atoms with E-state index in [2.05, 4.69) is 37.0 Å². The molecule has 8 rings (SSSR count). The summed E-state index contributed by atoms with van der Waals surface area (Å²) in [5, 5.41) is 14.6. The van der Waals surface area contributed by atoms with Crippen molar-refractivity contribution in [2.75, 3.05) is 43.1 Å². The van der Waals surface area contributed by atoms with Crippen molar-refractivity contribution in [2.45, 2.75) is 25.6 Å². The Balaban J connectivity index is 1.09. The van der Waals surface area contributed by atoms with E-state index in [-0.39, 0.29) is 17.7 Å². The molecule has 2 aliphatic heterocycles. The van der Waals surface area contributed by atoms with Crippen molar-refractivity contribution in [1.29, 1.82) is 0 Å². The topological polar surface area (TPSA) is 135 Å². The molecule has 6 aromatic rings. The van der Waals surface area contributed by atoms with Crippen molar-refractivity contribution in [2.24, 2.45) is 7.05 Å². The molecule has 8 heterocycles. The van der Waals surface area contributed by atoms with Gasteiger partial charge in [-0.3, -0.25) is 23.5 Å². The van der Waals surface area contributed by atoms with Crippen LogP contribution < -0.4 is 21.3 Å². The third kappa shape index (κ3) is 5.12. The predicted octanol–water partition coefficient (Wildman–Crippen LogP) is 2.94. The minimum atomic E-state index is -0.379. The lowest BCUT2D eigenvalue weighted by Gasteiger charge is -2.46. The summed E-state index contributed by atoms with van der Waals surface area (Å²) in [6.07, 6.45) is 10.2. The number of hydrogen-bond acceptors (Lipinski definition) is 10.